The van der Waals surface area contributed by atoms with Gasteiger partial charge in [-0.05, 0) is 40.7 Å². The van der Waals surface area contributed by atoms with Gasteiger partial charge in [0.25, 0.3) is 0 Å². The molecule has 0 heterocycles. The molecule has 1 fully saturated rings. The number of hydrogen-bond acceptors (Lipinski definition) is 4. The monoisotopic (exact) mass is 539 g/mol. The van der Waals surface area contributed by atoms with Crippen molar-refractivity contribution in [3.8, 4) is 0 Å². The molecule has 36 heavy (non-hydrogen) atoms. The van der Waals surface area contributed by atoms with Crippen LogP contribution in [0.5, 0.6) is 0 Å². The summed E-state index contributed by atoms with van der Waals surface area (Å²) in [6, 6.07) is 10.4. The van der Waals surface area contributed by atoms with Gasteiger partial charge < -0.3 is 16.0 Å². The summed E-state index contributed by atoms with van der Waals surface area (Å²) in [5.74, 6) is -0.175. The molecular formula is C27H36Cl2FN3O3. The maximum atomic E-state index is 14.0. The van der Waals surface area contributed by atoms with Gasteiger partial charge in [0.15, 0.2) is 0 Å². The lowest BCUT2D eigenvalue weighted by Gasteiger charge is -2.22. The predicted molar refractivity (Wildman–Crippen MR) is 145 cm³/mol. The molecule has 198 valence electrons. The molecule has 0 radical (unpaired) electrons. The minimum Gasteiger partial charge on any atom is -0.355 e. The van der Waals surface area contributed by atoms with Crippen molar-refractivity contribution in [3.05, 3.63) is 63.4 Å². The second-order valence-electron chi connectivity index (χ2n) is 10.2. The SMILES string of the molecule is CC(C)(C)C.CC(CNCc1ccc(Cl)cc1NC=O)c1cccc(Cl)c1F.O=CNC1CC(=O)C1. The number of halogens is 3. The Hall–Kier alpha value is -2.48. The van der Waals surface area contributed by atoms with Crippen molar-refractivity contribution in [2.24, 2.45) is 5.41 Å². The summed E-state index contributed by atoms with van der Waals surface area (Å²) in [6.45, 7) is 11.8. The number of hydrogen-bond donors (Lipinski definition) is 3. The van der Waals surface area contributed by atoms with E-state index in [4.69, 9.17) is 23.2 Å². The van der Waals surface area contributed by atoms with Gasteiger partial charge in [-0.25, -0.2) is 4.39 Å². The lowest BCUT2D eigenvalue weighted by molar-refractivity contribution is -0.126. The zero-order valence-electron chi connectivity index (χ0n) is 21.5. The molecule has 6 nitrogen and oxygen atoms in total. The van der Waals surface area contributed by atoms with Crippen LogP contribution in [-0.4, -0.2) is 31.2 Å². The second kappa shape index (κ2) is 15.6. The molecule has 1 atom stereocenters. The number of ketones is 1. The van der Waals surface area contributed by atoms with Gasteiger partial charge in [0.2, 0.25) is 12.8 Å². The van der Waals surface area contributed by atoms with E-state index in [1.54, 1.807) is 24.3 Å². The maximum absolute atomic E-state index is 14.0. The number of nitrogens with one attached hydrogen (secondary N) is 3. The summed E-state index contributed by atoms with van der Waals surface area (Å²) in [4.78, 5) is 30.6. The van der Waals surface area contributed by atoms with Gasteiger partial charge >= 0.3 is 0 Å². The normalized spacial score (nSPS) is 13.7. The molecule has 1 aliphatic rings. The molecule has 0 aromatic heterocycles. The Labute approximate surface area is 223 Å². The molecule has 1 aliphatic carbocycles. The Morgan fingerprint density at radius 2 is 1.72 bits per heavy atom. The number of Topliss-reactive ketones (excluding diaryl/α,β-unsaturated/α-hetero) is 1. The van der Waals surface area contributed by atoms with Crippen LogP contribution in [0.1, 0.15) is 64.5 Å². The van der Waals surface area contributed by atoms with Gasteiger partial charge in [0, 0.05) is 42.7 Å². The predicted octanol–water partition coefficient (Wildman–Crippen LogP) is 6.11. The molecule has 3 rings (SSSR count). The quantitative estimate of drug-likeness (QED) is 0.335. The van der Waals surface area contributed by atoms with E-state index in [9.17, 15) is 18.8 Å². The van der Waals surface area contributed by atoms with Gasteiger partial charge in [-0.15, -0.1) is 0 Å². The maximum Gasteiger partial charge on any atom is 0.211 e. The van der Waals surface area contributed by atoms with Crippen LogP contribution < -0.4 is 16.0 Å². The fourth-order valence-electron chi connectivity index (χ4n) is 3.04. The van der Waals surface area contributed by atoms with Crippen LogP contribution in [-0.2, 0) is 20.9 Å². The fraction of sp³-hybridized carbons (Fsp3) is 0.444. The van der Waals surface area contributed by atoms with Gasteiger partial charge in [-0.3, -0.25) is 14.4 Å². The standard InChI is InChI=1S/C17H17Cl2FN2O.C5H7NO2.C5H12/c1-11(14-3-2-4-15(19)17(14)20)8-21-9-12-5-6-13(18)7-16(12)22-10-23;7-3-6-4-1-5(8)2-4;1-5(2,3)4/h2-7,10-11,21H,8-9H2,1H3,(H,22,23);3-4H,1-2H2,(H,6,7);1-4H3. The Morgan fingerprint density at radius 3 is 2.28 bits per heavy atom. The van der Waals surface area contributed by atoms with E-state index in [0.29, 0.717) is 60.4 Å². The molecule has 3 N–H and O–H groups in total. The molecule has 1 unspecified atom stereocenters. The Kier molecular flexibility index (Phi) is 13.7. The van der Waals surface area contributed by atoms with Crippen LogP contribution >= 0.6 is 23.2 Å². The van der Waals surface area contributed by atoms with Crippen LogP contribution in [0.3, 0.4) is 0 Å². The number of carbonyl (C=O) groups excluding carboxylic acids is 3. The first-order chi connectivity index (χ1) is 16.8. The van der Waals surface area contributed by atoms with E-state index in [2.05, 4.69) is 43.6 Å². The van der Waals surface area contributed by atoms with Gasteiger partial charge in [-0.2, -0.15) is 0 Å². The number of rotatable bonds is 9. The van der Waals surface area contributed by atoms with E-state index in [0.717, 1.165) is 5.56 Å². The summed E-state index contributed by atoms with van der Waals surface area (Å²) in [5, 5.41) is 9.07. The van der Waals surface area contributed by atoms with Crippen LogP contribution in [0.4, 0.5) is 10.1 Å². The summed E-state index contributed by atoms with van der Waals surface area (Å²) in [5.41, 5.74) is 2.63. The second-order valence-corrected chi connectivity index (χ2v) is 11.0. The van der Waals surface area contributed by atoms with Crippen molar-refractivity contribution in [1.29, 1.82) is 0 Å². The van der Waals surface area contributed by atoms with Crippen molar-refractivity contribution in [1.82, 2.24) is 10.6 Å². The summed E-state index contributed by atoms with van der Waals surface area (Å²) < 4.78 is 14.0. The molecule has 0 aliphatic heterocycles. The lowest BCUT2D eigenvalue weighted by Crippen LogP contribution is -2.40. The third kappa shape index (κ3) is 12.5. The molecule has 2 aromatic carbocycles. The Balaban J connectivity index is 0.000000407. The molecule has 2 aromatic rings. The van der Waals surface area contributed by atoms with Crippen molar-refractivity contribution in [3.63, 3.8) is 0 Å². The van der Waals surface area contributed by atoms with E-state index < -0.39 is 0 Å². The smallest absolute Gasteiger partial charge is 0.211 e. The highest BCUT2D eigenvalue weighted by Crippen LogP contribution is 2.25. The molecule has 0 saturated heterocycles. The number of amides is 2. The zero-order valence-corrected chi connectivity index (χ0v) is 23.0. The van der Waals surface area contributed by atoms with E-state index in [1.807, 2.05) is 13.0 Å². The molecule has 0 spiro atoms. The van der Waals surface area contributed by atoms with Crippen LogP contribution in [0.15, 0.2) is 36.4 Å². The Morgan fingerprint density at radius 1 is 1.08 bits per heavy atom. The van der Waals surface area contributed by atoms with Crippen molar-refractivity contribution < 1.29 is 18.8 Å². The third-order valence-electron chi connectivity index (χ3n) is 4.82. The summed E-state index contributed by atoms with van der Waals surface area (Å²) in [6.07, 6.45) is 2.30. The van der Waals surface area contributed by atoms with E-state index in [-0.39, 0.29) is 28.6 Å². The highest BCUT2D eigenvalue weighted by Gasteiger charge is 2.25. The largest absolute Gasteiger partial charge is 0.355 e. The Bertz CT molecular complexity index is 995. The minimum absolute atomic E-state index is 0.0384. The van der Waals surface area contributed by atoms with Crippen LogP contribution in [0, 0.1) is 11.2 Å². The minimum atomic E-state index is -0.377. The third-order valence-corrected chi connectivity index (χ3v) is 5.34. The molecule has 1 saturated carbocycles. The highest BCUT2D eigenvalue weighted by atomic mass is 35.5. The van der Waals surface area contributed by atoms with Crippen molar-refractivity contribution >= 4 is 47.5 Å². The highest BCUT2D eigenvalue weighted by molar-refractivity contribution is 6.31. The number of anilines is 1. The molecule has 9 heteroatoms. The topological polar surface area (TPSA) is 87.3 Å². The number of carbonyl (C=O) groups is 3. The summed E-state index contributed by atoms with van der Waals surface area (Å²) in [7, 11) is 0. The van der Waals surface area contributed by atoms with E-state index in [1.165, 1.54) is 6.07 Å². The summed E-state index contributed by atoms with van der Waals surface area (Å²) >= 11 is 11.7. The van der Waals surface area contributed by atoms with Crippen molar-refractivity contribution in [2.75, 3.05) is 11.9 Å². The molecule has 0 bridgehead atoms. The first-order valence-electron chi connectivity index (χ1n) is 11.7. The van der Waals surface area contributed by atoms with Crippen LogP contribution in [0.2, 0.25) is 10.0 Å². The van der Waals surface area contributed by atoms with E-state index >= 15 is 0 Å². The number of benzene rings is 2. The van der Waals surface area contributed by atoms with Crippen LogP contribution in [0.25, 0.3) is 0 Å². The lowest BCUT2D eigenvalue weighted by atomic mass is 9.92. The molecular weight excluding hydrogens is 504 g/mol. The average molecular weight is 541 g/mol. The van der Waals surface area contributed by atoms with Crippen molar-refractivity contribution in [2.45, 2.75) is 66.0 Å². The molecule has 2 amide bonds. The fourth-order valence-corrected chi connectivity index (χ4v) is 3.39. The van der Waals surface area contributed by atoms with Gasteiger partial charge in [0.05, 0.1) is 5.02 Å². The van der Waals surface area contributed by atoms with Gasteiger partial charge in [-0.1, -0.05) is 76.0 Å². The average Bonchev–Trinajstić information content (AvgIpc) is 2.76. The zero-order chi connectivity index (χ0) is 27.3. The first-order valence-corrected chi connectivity index (χ1v) is 12.5. The van der Waals surface area contributed by atoms with Gasteiger partial charge in [0.1, 0.15) is 11.6 Å². The first kappa shape index (κ1) is 31.5.